The average molecular weight is 337 g/mol. The van der Waals surface area contributed by atoms with Crippen LogP contribution in [0.4, 0.5) is 0 Å². The van der Waals surface area contributed by atoms with E-state index in [1.807, 2.05) is 0 Å². The van der Waals surface area contributed by atoms with Gasteiger partial charge in [0.1, 0.15) is 0 Å². The van der Waals surface area contributed by atoms with Crippen LogP contribution in [0.1, 0.15) is 40.4 Å². The van der Waals surface area contributed by atoms with E-state index in [0.717, 1.165) is 19.6 Å². The third-order valence-corrected chi connectivity index (χ3v) is 5.78. The van der Waals surface area contributed by atoms with Crippen molar-refractivity contribution in [1.82, 2.24) is 9.47 Å². The van der Waals surface area contributed by atoms with Crippen LogP contribution >= 0.6 is 11.3 Å². The van der Waals surface area contributed by atoms with Crippen molar-refractivity contribution in [3.8, 4) is 0 Å². The zero-order chi connectivity index (χ0) is 16.5. The minimum Gasteiger partial charge on any atom is -0.350 e. The number of nitrogens with zero attached hydrogens (tertiary/aromatic N) is 2. The average Bonchev–Trinajstić information content (AvgIpc) is 3.20. The summed E-state index contributed by atoms with van der Waals surface area (Å²) in [6.07, 6.45) is 3.44. The van der Waals surface area contributed by atoms with Gasteiger partial charge in [0.25, 0.3) is 0 Å². The molecule has 0 aliphatic carbocycles. The summed E-state index contributed by atoms with van der Waals surface area (Å²) in [5, 5.41) is 4.47. The molecule has 1 aliphatic rings. The Morgan fingerprint density at radius 2 is 2.04 bits per heavy atom. The Balaban J connectivity index is 1.81. The quantitative estimate of drug-likeness (QED) is 0.641. The fourth-order valence-corrected chi connectivity index (χ4v) is 4.50. The second kappa shape index (κ2) is 6.58. The van der Waals surface area contributed by atoms with Crippen molar-refractivity contribution in [1.29, 1.82) is 0 Å². The summed E-state index contributed by atoms with van der Waals surface area (Å²) in [5.41, 5.74) is 7.03. The number of hydrogen-bond donors (Lipinski definition) is 0. The van der Waals surface area contributed by atoms with Crippen molar-refractivity contribution in [2.75, 3.05) is 6.54 Å². The standard InChI is InChI=1S/C21H24N2S/c1-16-6-7-17(2)19(13-16)21-20-5-3-9-22(20)10-4-11-23(21)14-18-8-12-24-15-18/h3,5-9,12-13,15,21H,4,10-11,14H2,1-2H3. The molecule has 0 saturated heterocycles. The molecule has 0 N–H and O–H groups in total. The van der Waals surface area contributed by atoms with Gasteiger partial charge in [-0.25, -0.2) is 0 Å². The van der Waals surface area contributed by atoms with Crippen molar-refractivity contribution in [3.63, 3.8) is 0 Å². The molecular weight excluding hydrogens is 312 g/mol. The van der Waals surface area contributed by atoms with Crippen LogP contribution in [0.3, 0.4) is 0 Å². The summed E-state index contributed by atoms with van der Waals surface area (Å²) in [5.74, 6) is 0. The Kier molecular flexibility index (Phi) is 4.30. The highest BCUT2D eigenvalue weighted by atomic mass is 32.1. The molecular formula is C21H24N2S. The van der Waals surface area contributed by atoms with Gasteiger partial charge in [0.15, 0.2) is 0 Å². The van der Waals surface area contributed by atoms with Gasteiger partial charge in [0.05, 0.1) is 6.04 Å². The Bertz CT molecular complexity index is 816. The third-order valence-electron chi connectivity index (χ3n) is 5.05. The van der Waals surface area contributed by atoms with Crippen LogP contribution in [-0.4, -0.2) is 16.0 Å². The van der Waals surface area contributed by atoms with Gasteiger partial charge in [-0.05, 0) is 65.9 Å². The van der Waals surface area contributed by atoms with Gasteiger partial charge < -0.3 is 4.57 Å². The highest BCUT2D eigenvalue weighted by molar-refractivity contribution is 7.07. The summed E-state index contributed by atoms with van der Waals surface area (Å²) < 4.78 is 2.44. The molecule has 3 heteroatoms. The highest BCUT2D eigenvalue weighted by Gasteiger charge is 2.28. The SMILES string of the molecule is Cc1ccc(C)c(C2c3cccn3CCCN2Cc2ccsc2)c1. The van der Waals surface area contributed by atoms with E-state index >= 15 is 0 Å². The van der Waals surface area contributed by atoms with E-state index in [4.69, 9.17) is 0 Å². The number of thiophene rings is 1. The molecule has 0 radical (unpaired) electrons. The van der Waals surface area contributed by atoms with E-state index in [2.05, 4.69) is 76.7 Å². The van der Waals surface area contributed by atoms with Crippen LogP contribution in [0.25, 0.3) is 0 Å². The van der Waals surface area contributed by atoms with Crippen LogP contribution < -0.4 is 0 Å². The van der Waals surface area contributed by atoms with Crippen LogP contribution in [0.2, 0.25) is 0 Å². The molecule has 124 valence electrons. The fraction of sp³-hybridized carbons (Fsp3) is 0.333. The molecule has 2 aromatic heterocycles. The van der Waals surface area contributed by atoms with Crippen molar-refractivity contribution < 1.29 is 0 Å². The van der Waals surface area contributed by atoms with Gasteiger partial charge in [0.2, 0.25) is 0 Å². The lowest BCUT2D eigenvalue weighted by Crippen LogP contribution is -2.30. The molecule has 0 spiro atoms. The summed E-state index contributed by atoms with van der Waals surface area (Å²) in [6, 6.07) is 14.0. The van der Waals surface area contributed by atoms with E-state index in [1.165, 1.54) is 34.4 Å². The number of benzene rings is 1. The van der Waals surface area contributed by atoms with E-state index in [1.54, 1.807) is 11.3 Å². The monoisotopic (exact) mass is 336 g/mol. The molecule has 2 nitrogen and oxygen atoms in total. The summed E-state index contributed by atoms with van der Waals surface area (Å²) in [4.78, 5) is 2.66. The maximum Gasteiger partial charge on any atom is 0.0761 e. The molecule has 1 aromatic carbocycles. The zero-order valence-electron chi connectivity index (χ0n) is 14.4. The van der Waals surface area contributed by atoms with Crippen molar-refractivity contribution in [3.05, 3.63) is 81.3 Å². The van der Waals surface area contributed by atoms with Crippen molar-refractivity contribution >= 4 is 11.3 Å². The number of aromatic nitrogens is 1. The largest absolute Gasteiger partial charge is 0.350 e. The van der Waals surface area contributed by atoms with Crippen molar-refractivity contribution in [2.24, 2.45) is 0 Å². The second-order valence-electron chi connectivity index (χ2n) is 6.84. The van der Waals surface area contributed by atoms with Crippen LogP contribution in [0.5, 0.6) is 0 Å². The van der Waals surface area contributed by atoms with Gasteiger partial charge in [-0.1, -0.05) is 23.8 Å². The Morgan fingerprint density at radius 3 is 2.88 bits per heavy atom. The molecule has 1 unspecified atom stereocenters. The van der Waals surface area contributed by atoms with Gasteiger partial charge >= 0.3 is 0 Å². The lowest BCUT2D eigenvalue weighted by Gasteiger charge is -2.31. The molecule has 0 bridgehead atoms. The zero-order valence-corrected chi connectivity index (χ0v) is 15.2. The molecule has 1 aliphatic heterocycles. The summed E-state index contributed by atoms with van der Waals surface area (Å²) in [7, 11) is 0. The van der Waals surface area contributed by atoms with Gasteiger partial charge in [-0.2, -0.15) is 11.3 Å². The Hall–Kier alpha value is -1.84. The van der Waals surface area contributed by atoms with E-state index < -0.39 is 0 Å². The molecule has 0 saturated carbocycles. The predicted octanol–water partition coefficient (Wildman–Crippen LogP) is 5.16. The summed E-state index contributed by atoms with van der Waals surface area (Å²) in [6.45, 7) is 7.71. The molecule has 0 amide bonds. The number of rotatable bonds is 3. The maximum absolute atomic E-state index is 2.66. The first kappa shape index (κ1) is 15.7. The van der Waals surface area contributed by atoms with E-state index in [-0.39, 0.29) is 0 Å². The maximum atomic E-state index is 2.66. The molecule has 3 aromatic rings. The van der Waals surface area contributed by atoms with E-state index in [0.29, 0.717) is 6.04 Å². The molecule has 24 heavy (non-hydrogen) atoms. The Morgan fingerprint density at radius 1 is 1.12 bits per heavy atom. The molecule has 1 atom stereocenters. The minimum absolute atomic E-state index is 0.335. The normalized spacial score (nSPS) is 18.3. The first-order valence-electron chi connectivity index (χ1n) is 8.70. The van der Waals surface area contributed by atoms with Gasteiger partial charge in [0, 0.05) is 31.5 Å². The topological polar surface area (TPSA) is 8.17 Å². The highest BCUT2D eigenvalue weighted by Crippen LogP contribution is 2.35. The minimum atomic E-state index is 0.335. The lowest BCUT2D eigenvalue weighted by atomic mass is 9.95. The predicted molar refractivity (Wildman–Crippen MR) is 102 cm³/mol. The lowest BCUT2D eigenvalue weighted by molar-refractivity contribution is 0.220. The number of hydrogen-bond acceptors (Lipinski definition) is 2. The van der Waals surface area contributed by atoms with E-state index in [9.17, 15) is 0 Å². The van der Waals surface area contributed by atoms with Crippen LogP contribution in [-0.2, 0) is 13.1 Å². The van der Waals surface area contributed by atoms with Crippen molar-refractivity contribution in [2.45, 2.75) is 39.4 Å². The first-order chi connectivity index (χ1) is 11.7. The molecule has 0 fully saturated rings. The number of fused-ring (bicyclic) bond motifs is 1. The number of aryl methyl sites for hydroxylation is 3. The fourth-order valence-electron chi connectivity index (χ4n) is 3.84. The van der Waals surface area contributed by atoms with Gasteiger partial charge in [-0.15, -0.1) is 0 Å². The van der Waals surface area contributed by atoms with Crippen LogP contribution in [0.15, 0.2) is 53.4 Å². The first-order valence-corrected chi connectivity index (χ1v) is 9.64. The smallest absolute Gasteiger partial charge is 0.0761 e. The van der Waals surface area contributed by atoms with Gasteiger partial charge in [-0.3, -0.25) is 4.90 Å². The van der Waals surface area contributed by atoms with Crippen LogP contribution in [0, 0.1) is 13.8 Å². The third kappa shape index (κ3) is 2.94. The molecule has 4 rings (SSSR count). The molecule has 3 heterocycles. The Labute approximate surface area is 148 Å². The second-order valence-corrected chi connectivity index (χ2v) is 7.62. The summed E-state index contributed by atoms with van der Waals surface area (Å²) >= 11 is 1.79.